The molecule has 12 nitrogen and oxygen atoms in total. The van der Waals surface area contributed by atoms with Gasteiger partial charge in [-0.05, 0) is 0 Å². The predicted molar refractivity (Wildman–Crippen MR) is 103 cm³/mol. The first-order valence-corrected chi connectivity index (χ1v) is 10.1. The quantitative estimate of drug-likeness (QED) is 0.362. The topological polar surface area (TPSA) is 161 Å². The fourth-order valence-electron chi connectivity index (χ4n) is 2.71. The molecule has 1 rings (SSSR count). The molecule has 1 aliphatic heterocycles. The van der Waals surface area contributed by atoms with Gasteiger partial charge in [0.05, 0.1) is 5.75 Å². The van der Waals surface area contributed by atoms with Crippen molar-refractivity contribution in [1.82, 2.24) is 5.32 Å². The Morgan fingerprint density at radius 1 is 0.774 bits per heavy atom. The first-order valence-electron chi connectivity index (χ1n) is 9.14. The van der Waals surface area contributed by atoms with Crippen LogP contribution in [0.3, 0.4) is 0 Å². The van der Waals surface area contributed by atoms with Gasteiger partial charge in [0.1, 0.15) is 12.7 Å². The van der Waals surface area contributed by atoms with Gasteiger partial charge < -0.3 is 29.0 Å². The smallest absolute Gasteiger partial charge is 0.303 e. The highest BCUT2D eigenvalue weighted by atomic mass is 32.2. The van der Waals surface area contributed by atoms with E-state index in [2.05, 4.69) is 5.32 Å². The second-order valence-electron chi connectivity index (χ2n) is 6.47. The SMILES string of the molecule is CC(=O)OCC1OC(NC(=O)CSC(C)=O)C(OC(C)=O)C(OC(C)=O)C1OC(C)=O. The van der Waals surface area contributed by atoms with Crippen molar-refractivity contribution >= 4 is 46.7 Å². The van der Waals surface area contributed by atoms with Crippen molar-refractivity contribution in [2.75, 3.05) is 12.4 Å². The predicted octanol–water partition coefficient (Wildman–Crippen LogP) is -0.535. The molecule has 0 aromatic carbocycles. The Morgan fingerprint density at radius 3 is 1.77 bits per heavy atom. The minimum absolute atomic E-state index is 0.248. The standard InChI is InChI=1S/C18H25NO11S/c1-8(20)26-6-13-15(27-9(2)21)16(28-10(3)22)17(29-11(4)23)18(30-13)19-14(25)7-31-12(5)24/h13,15-18H,6-7H2,1-5H3,(H,19,25). The lowest BCUT2D eigenvalue weighted by Crippen LogP contribution is -2.66. The molecule has 5 atom stereocenters. The van der Waals surface area contributed by atoms with E-state index in [-0.39, 0.29) is 10.9 Å². The molecule has 0 spiro atoms. The minimum Gasteiger partial charge on any atom is -0.463 e. The lowest BCUT2D eigenvalue weighted by Gasteiger charge is -2.44. The number of nitrogens with one attached hydrogen (secondary N) is 1. The Balaban J connectivity index is 3.27. The monoisotopic (exact) mass is 463 g/mol. The van der Waals surface area contributed by atoms with E-state index in [4.69, 9.17) is 23.7 Å². The van der Waals surface area contributed by atoms with Gasteiger partial charge in [-0.2, -0.15) is 0 Å². The number of rotatable bonds is 8. The van der Waals surface area contributed by atoms with Crippen LogP contribution in [-0.2, 0) is 52.5 Å². The van der Waals surface area contributed by atoms with Crippen molar-refractivity contribution in [3.05, 3.63) is 0 Å². The summed E-state index contributed by atoms with van der Waals surface area (Å²) in [7, 11) is 0. The van der Waals surface area contributed by atoms with Crippen LogP contribution < -0.4 is 5.32 Å². The van der Waals surface area contributed by atoms with E-state index in [0.29, 0.717) is 0 Å². The van der Waals surface area contributed by atoms with Gasteiger partial charge in [-0.25, -0.2) is 0 Å². The molecule has 0 bridgehead atoms. The van der Waals surface area contributed by atoms with Gasteiger partial charge >= 0.3 is 23.9 Å². The molecule has 5 unspecified atom stereocenters. The number of thioether (sulfide) groups is 1. The van der Waals surface area contributed by atoms with E-state index in [1.54, 1.807) is 0 Å². The van der Waals surface area contributed by atoms with E-state index < -0.39 is 67.0 Å². The fraction of sp³-hybridized carbons (Fsp3) is 0.667. The van der Waals surface area contributed by atoms with Crippen LogP contribution in [0.5, 0.6) is 0 Å². The Morgan fingerprint density at radius 2 is 1.29 bits per heavy atom. The molecule has 1 fully saturated rings. The van der Waals surface area contributed by atoms with Gasteiger partial charge in [-0.15, -0.1) is 0 Å². The summed E-state index contributed by atoms with van der Waals surface area (Å²) in [5, 5.41) is 2.15. The summed E-state index contributed by atoms with van der Waals surface area (Å²) < 4.78 is 26.3. The second kappa shape index (κ2) is 12.2. The molecular weight excluding hydrogens is 438 g/mol. The maximum Gasteiger partial charge on any atom is 0.303 e. The summed E-state index contributed by atoms with van der Waals surface area (Å²) >= 11 is 0.740. The average Bonchev–Trinajstić information content (AvgIpc) is 2.62. The first-order chi connectivity index (χ1) is 14.4. The maximum atomic E-state index is 12.2. The molecule has 13 heteroatoms. The third kappa shape index (κ3) is 9.34. The van der Waals surface area contributed by atoms with Gasteiger partial charge in [0.2, 0.25) is 5.91 Å². The number of esters is 4. The van der Waals surface area contributed by atoms with Gasteiger partial charge in [0, 0.05) is 34.6 Å². The molecule has 0 aliphatic carbocycles. The maximum absolute atomic E-state index is 12.2. The molecule has 0 radical (unpaired) electrons. The fourth-order valence-corrected chi connectivity index (χ4v) is 3.13. The number of ether oxygens (including phenoxy) is 5. The third-order valence-electron chi connectivity index (χ3n) is 3.70. The van der Waals surface area contributed by atoms with Crippen LogP contribution in [0, 0.1) is 0 Å². The van der Waals surface area contributed by atoms with Crippen molar-refractivity contribution in [3.8, 4) is 0 Å². The van der Waals surface area contributed by atoms with Crippen molar-refractivity contribution < 1.29 is 52.5 Å². The molecule has 31 heavy (non-hydrogen) atoms. The van der Waals surface area contributed by atoms with Crippen LogP contribution >= 0.6 is 11.8 Å². The number of carbonyl (C=O) groups excluding carboxylic acids is 6. The van der Waals surface area contributed by atoms with Crippen LogP contribution in [-0.4, -0.2) is 77.9 Å². The van der Waals surface area contributed by atoms with Crippen molar-refractivity contribution in [1.29, 1.82) is 0 Å². The van der Waals surface area contributed by atoms with E-state index in [1.807, 2.05) is 0 Å². The van der Waals surface area contributed by atoms with E-state index >= 15 is 0 Å². The summed E-state index contributed by atoms with van der Waals surface area (Å²) in [5.74, 6) is -3.88. The van der Waals surface area contributed by atoms with Crippen LogP contribution in [0.25, 0.3) is 0 Å². The highest BCUT2D eigenvalue weighted by molar-refractivity contribution is 8.14. The molecule has 1 N–H and O–H groups in total. The zero-order valence-corrected chi connectivity index (χ0v) is 18.5. The van der Waals surface area contributed by atoms with Crippen LogP contribution in [0.4, 0.5) is 0 Å². The Bertz CT molecular complexity index is 725. The van der Waals surface area contributed by atoms with Crippen LogP contribution in [0.1, 0.15) is 34.6 Å². The van der Waals surface area contributed by atoms with Gasteiger partial charge in [-0.1, -0.05) is 11.8 Å². The highest BCUT2D eigenvalue weighted by Crippen LogP contribution is 2.28. The number of hydrogen-bond acceptors (Lipinski definition) is 12. The summed E-state index contributed by atoms with van der Waals surface area (Å²) in [6, 6.07) is 0. The van der Waals surface area contributed by atoms with Gasteiger partial charge in [-0.3, -0.25) is 28.8 Å². The molecule has 1 saturated heterocycles. The molecule has 174 valence electrons. The number of carbonyl (C=O) groups is 6. The van der Waals surface area contributed by atoms with E-state index in [0.717, 1.165) is 39.5 Å². The zero-order valence-electron chi connectivity index (χ0n) is 17.7. The second-order valence-corrected chi connectivity index (χ2v) is 7.62. The van der Waals surface area contributed by atoms with Crippen LogP contribution in [0.15, 0.2) is 0 Å². The van der Waals surface area contributed by atoms with E-state index in [9.17, 15) is 28.8 Å². The summed E-state index contributed by atoms with van der Waals surface area (Å²) in [6.07, 6.45) is -6.63. The lowest BCUT2D eigenvalue weighted by molar-refractivity contribution is -0.256. The summed E-state index contributed by atoms with van der Waals surface area (Å²) in [4.78, 5) is 69.6. The number of hydrogen-bond donors (Lipinski definition) is 1. The molecule has 0 aromatic rings. The zero-order chi connectivity index (χ0) is 23.7. The van der Waals surface area contributed by atoms with Crippen molar-refractivity contribution in [2.24, 2.45) is 0 Å². The molecule has 1 amide bonds. The molecule has 0 aromatic heterocycles. The molecule has 0 saturated carbocycles. The largest absolute Gasteiger partial charge is 0.463 e. The summed E-state index contributed by atoms with van der Waals surface area (Å²) in [6.45, 7) is 5.29. The highest BCUT2D eigenvalue weighted by Gasteiger charge is 2.52. The van der Waals surface area contributed by atoms with Crippen LogP contribution in [0.2, 0.25) is 0 Å². The van der Waals surface area contributed by atoms with Crippen molar-refractivity contribution in [2.45, 2.75) is 65.3 Å². The average molecular weight is 463 g/mol. The van der Waals surface area contributed by atoms with Crippen molar-refractivity contribution in [3.63, 3.8) is 0 Å². The Hall–Kier alpha value is -2.67. The van der Waals surface area contributed by atoms with E-state index in [1.165, 1.54) is 6.92 Å². The summed E-state index contributed by atoms with van der Waals surface area (Å²) in [5.41, 5.74) is 0. The third-order valence-corrected chi connectivity index (χ3v) is 4.51. The molecule has 1 heterocycles. The molecular formula is C18H25NO11S. The minimum atomic E-state index is -1.40. The molecule has 1 aliphatic rings. The number of amides is 1. The first kappa shape index (κ1) is 26.4. The van der Waals surface area contributed by atoms with Gasteiger partial charge in [0.15, 0.2) is 29.7 Å². The Labute approximate surface area is 182 Å². The Kier molecular flexibility index (Phi) is 10.4. The van der Waals surface area contributed by atoms with Gasteiger partial charge in [0.25, 0.3) is 0 Å². The lowest BCUT2D eigenvalue weighted by atomic mass is 9.97. The normalized spacial score (nSPS) is 25.0.